The summed E-state index contributed by atoms with van der Waals surface area (Å²) in [5.74, 6) is 0.749. The van der Waals surface area contributed by atoms with Gasteiger partial charge in [-0.05, 0) is 25.2 Å². The van der Waals surface area contributed by atoms with Crippen LogP contribution in [0.2, 0.25) is 0 Å². The Labute approximate surface area is 106 Å². The summed E-state index contributed by atoms with van der Waals surface area (Å²) in [4.78, 5) is 11.8. The number of amides is 1. The molecule has 0 saturated heterocycles. The van der Waals surface area contributed by atoms with Crippen LogP contribution in [0.3, 0.4) is 0 Å². The van der Waals surface area contributed by atoms with Gasteiger partial charge in [0.05, 0.1) is 6.54 Å². The molecule has 3 heteroatoms. The van der Waals surface area contributed by atoms with Crippen molar-refractivity contribution in [1.29, 1.82) is 0 Å². The van der Waals surface area contributed by atoms with Crippen molar-refractivity contribution in [3.8, 4) is 0 Å². The third-order valence-corrected chi connectivity index (χ3v) is 3.74. The molecule has 1 amide bonds. The van der Waals surface area contributed by atoms with Crippen molar-refractivity contribution in [2.24, 2.45) is 5.92 Å². The Balaban J connectivity index is 2.19. The molecule has 0 bridgehead atoms. The number of rotatable bonds is 6. The highest BCUT2D eigenvalue weighted by Gasteiger charge is 2.16. The molecule has 2 N–H and O–H groups in total. The van der Waals surface area contributed by atoms with Crippen molar-refractivity contribution in [3.63, 3.8) is 0 Å². The van der Waals surface area contributed by atoms with Crippen molar-refractivity contribution in [3.05, 3.63) is 0 Å². The summed E-state index contributed by atoms with van der Waals surface area (Å²) >= 11 is 0. The molecular formula is C14H28N2O. The van der Waals surface area contributed by atoms with Crippen LogP contribution in [-0.4, -0.2) is 24.5 Å². The quantitative estimate of drug-likeness (QED) is 0.749. The highest BCUT2D eigenvalue weighted by molar-refractivity contribution is 5.78. The first kappa shape index (κ1) is 14.5. The molecule has 0 aromatic rings. The van der Waals surface area contributed by atoms with E-state index in [1.165, 1.54) is 19.3 Å². The first-order valence-corrected chi connectivity index (χ1v) is 7.16. The van der Waals surface area contributed by atoms with Crippen LogP contribution >= 0.6 is 0 Å². The molecule has 17 heavy (non-hydrogen) atoms. The lowest BCUT2D eigenvalue weighted by molar-refractivity contribution is -0.121. The zero-order chi connectivity index (χ0) is 12.7. The van der Waals surface area contributed by atoms with Gasteiger partial charge in [-0.15, -0.1) is 0 Å². The maximum Gasteiger partial charge on any atom is 0.234 e. The smallest absolute Gasteiger partial charge is 0.234 e. The van der Waals surface area contributed by atoms with Gasteiger partial charge in [0.1, 0.15) is 0 Å². The van der Waals surface area contributed by atoms with Crippen LogP contribution in [0.1, 0.15) is 59.3 Å². The molecule has 1 unspecified atom stereocenters. The molecule has 0 radical (unpaired) electrons. The predicted molar refractivity (Wildman–Crippen MR) is 71.9 cm³/mol. The molecule has 0 aromatic heterocycles. The van der Waals surface area contributed by atoms with Crippen molar-refractivity contribution in [2.75, 3.05) is 6.54 Å². The third-order valence-electron chi connectivity index (χ3n) is 3.74. The van der Waals surface area contributed by atoms with Crippen molar-refractivity contribution < 1.29 is 4.79 Å². The van der Waals surface area contributed by atoms with E-state index >= 15 is 0 Å². The van der Waals surface area contributed by atoms with E-state index in [-0.39, 0.29) is 5.91 Å². The summed E-state index contributed by atoms with van der Waals surface area (Å²) < 4.78 is 0. The van der Waals surface area contributed by atoms with Gasteiger partial charge in [-0.2, -0.15) is 0 Å². The van der Waals surface area contributed by atoms with E-state index in [0.717, 1.165) is 19.3 Å². The normalized spacial score (nSPS) is 19.3. The van der Waals surface area contributed by atoms with E-state index < -0.39 is 0 Å². The largest absolute Gasteiger partial charge is 0.352 e. The maximum absolute atomic E-state index is 11.8. The molecule has 1 fully saturated rings. The van der Waals surface area contributed by atoms with E-state index in [4.69, 9.17) is 0 Å². The van der Waals surface area contributed by atoms with Crippen molar-refractivity contribution in [1.82, 2.24) is 10.6 Å². The highest BCUT2D eigenvalue weighted by atomic mass is 16.1. The van der Waals surface area contributed by atoms with Crippen molar-refractivity contribution >= 4 is 5.91 Å². The lowest BCUT2D eigenvalue weighted by Gasteiger charge is -2.24. The number of hydrogen-bond donors (Lipinski definition) is 2. The van der Waals surface area contributed by atoms with Gasteiger partial charge in [-0.25, -0.2) is 0 Å². The summed E-state index contributed by atoms with van der Waals surface area (Å²) in [6, 6.07) is 0.879. The second-order valence-corrected chi connectivity index (χ2v) is 5.54. The Morgan fingerprint density at radius 3 is 2.41 bits per heavy atom. The Morgan fingerprint density at radius 2 is 1.88 bits per heavy atom. The minimum Gasteiger partial charge on any atom is -0.352 e. The summed E-state index contributed by atoms with van der Waals surface area (Å²) in [7, 11) is 0. The first-order chi connectivity index (χ1) is 8.13. The minimum atomic E-state index is 0.163. The van der Waals surface area contributed by atoms with Gasteiger partial charge < -0.3 is 10.6 Å². The number of nitrogens with one attached hydrogen (secondary N) is 2. The maximum atomic E-state index is 11.8. The van der Waals surface area contributed by atoms with Crippen LogP contribution in [-0.2, 0) is 4.79 Å². The zero-order valence-electron chi connectivity index (χ0n) is 11.6. The monoisotopic (exact) mass is 240 g/mol. The fourth-order valence-electron chi connectivity index (χ4n) is 2.60. The van der Waals surface area contributed by atoms with Crippen LogP contribution in [0, 0.1) is 5.92 Å². The van der Waals surface area contributed by atoms with E-state index in [1.54, 1.807) is 0 Å². The highest BCUT2D eigenvalue weighted by Crippen LogP contribution is 2.17. The van der Waals surface area contributed by atoms with Crippen LogP contribution in [0.15, 0.2) is 0 Å². The van der Waals surface area contributed by atoms with E-state index in [1.807, 2.05) is 0 Å². The van der Waals surface area contributed by atoms with Gasteiger partial charge in [0.25, 0.3) is 0 Å². The lowest BCUT2D eigenvalue weighted by atomic mass is 9.95. The standard InChI is InChI=1S/C14H28N2O/c1-4-13(11(2)3)15-10-14(17)16-12-8-6-5-7-9-12/h11-13,15H,4-10H2,1-3H3,(H,16,17). The molecule has 0 heterocycles. The van der Waals surface area contributed by atoms with Gasteiger partial charge >= 0.3 is 0 Å². The SMILES string of the molecule is CCC(NCC(=O)NC1CCCCC1)C(C)C. The third kappa shape index (κ3) is 5.53. The second-order valence-electron chi connectivity index (χ2n) is 5.54. The molecule has 1 aliphatic carbocycles. The predicted octanol–water partition coefficient (Wildman–Crippen LogP) is 2.46. The first-order valence-electron chi connectivity index (χ1n) is 7.16. The van der Waals surface area contributed by atoms with Crippen LogP contribution in [0.4, 0.5) is 0 Å². The second kappa shape index (κ2) is 7.70. The van der Waals surface area contributed by atoms with Crippen molar-refractivity contribution in [2.45, 2.75) is 71.4 Å². The fraction of sp³-hybridized carbons (Fsp3) is 0.929. The molecule has 100 valence electrons. The Morgan fingerprint density at radius 1 is 1.24 bits per heavy atom. The van der Waals surface area contributed by atoms with Gasteiger partial charge in [0.15, 0.2) is 0 Å². The molecular weight excluding hydrogens is 212 g/mol. The molecule has 0 aromatic carbocycles. The molecule has 1 saturated carbocycles. The van der Waals surface area contributed by atoms with Gasteiger partial charge in [-0.3, -0.25) is 4.79 Å². The van der Waals surface area contributed by atoms with E-state index in [0.29, 0.717) is 24.5 Å². The molecule has 0 aliphatic heterocycles. The molecule has 1 atom stereocenters. The Kier molecular flexibility index (Phi) is 6.56. The average Bonchev–Trinajstić information content (AvgIpc) is 2.30. The Bertz CT molecular complexity index is 222. The fourth-order valence-corrected chi connectivity index (χ4v) is 2.60. The topological polar surface area (TPSA) is 41.1 Å². The van der Waals surface area contributed by atoms with Crippen LogP contribution in [0.25, 0.3) is 0 Å². The minimum absolute atomic E-state index is 0.163. The number of carbonyl (C=O) groups excluding carboxylic acids is 1. The molecule has 3 nitrogen and oxygen atoms in total. The van der Waals surface area contributed by atoms with E-state index in [2.05, 4.69) is 31.4 Å². The lowest BCUT2D eigenvalue weighted by Crippen LogP contribution is -2.44. The van der Waals surface area contributed by atoms with Gasteiger partial charge in [-0.1, -0.05) is 40.0 Å². The summed E-state index contributed by atoms with van der Waals surface area (Å²) in [6.45, 7) is 7.02. The van der Waals surface area contributed by atoms with Gasteiger partial charge in [0, 0.05) is 12.1 Å². The average molecular weight is 240 g/mol. The van der Waals surface area contributed by atoms with Gasteiger partial charge in [0.2, 0.25) is 5.91 Å². The number of hydrogen-bond acceptors (Lipinski definition) is 2. The van der Waals surface area contributed by atoms with Crippen LogP contribution < -0.4 is 10.6 Å². The summed E-state index contributed by atoms with van der Waals surface area (Å²) in [5, 5.41) is 6.48. The Hall–Kier alpha value is -0.570. The summed E-state index contributed by atoms with van der Waals surface area (Å²) in [5.41, 5.74) is 0. The van der Waals surface area contributed by atoms with E-state index in [9.17, 15) is 4.79 Å². The molecule has 1 aliphatic rings. The van der Waals surface area contributed by atoms with Crippen LogP contribution in [0.5, 0.6) is 0 Å². The molecule has 1 rings (SSSR count). The number of carbonyl (C=O) groups is 1. The zero-order valence-corrected chi connectivity index (χ0v) is 11.6. The summed E-state index contributed by atoms with van der Waals surface area (Å²) in [6.07, 6.45) is 7.26. The molecule has 0 spiro atoms.